The predicted octanol–water partition coefficient (Wildman–Crippen LogP) is 1.67. The monoisotopic (exact) mass is 236 g/mol. The molecule has 0 radical (unpaired) electrons. The Morgan fingerprint density at radius 3 is 2.71 bits per heavy atom. The van der Waals surface area contributed by atoms with Gasteiger partial charge in [-0.2, -0.15) is 0 Å². The van der Waals surface area contributed by atoms with Crippen molar-refractivity contribution in [1.82, 2.24) is 5.32 Å². The van der Waals surface area contributed by atoms with Crippen LogP contribution in [-0.2, 0) is 0 Å². The van der Waals surface area contributed by atoms with E-state index in [-0.39, 0.29) is 12.6 Å². The zero-order valence-corrected chi connectivity index (χ0v) is 10.9. The maximum absolute atomic E-state index is 8.73. The third-order valence-electron chi connectivity index (χ3n) is 3.23. The van der Waals surface area contributed by atoms with Gasteiger partial charge in [0, 0.05) is 19.2 Å². The highest BCUT2D eigenvalue weighted by Crippen LogP contribution is 2.19. The molecule has 0 heterocycles. The third kappa shape index (κ3) is 4.11. The Kier molecular flexibility index (Phi) is 6.19. The summed E-state index contributed by atoms with van der Waals surface area (Å²) in [5, 5.41) is 12.2. The number of aliphatic hydroxyl groups excluding tert-OH is 1. The summed E-state index contributed by atoms with van der Waals surface area (Å²) in [4.78, 5) is 0. The fourth-order valence-electron chi connectivity index (χ4n) is 1.98. The molecular weight excluding hydrogens is 212 g/mol. The topological polar surface area (TPSA) is 58.3 Å². The molecule has 96 valence electrons. The molecule has 0 spiro atoms. The fraction of sp³-hybridized carbons (Fsp3) is 0.571. The summed E-state index contributed by atoms with van der Waals surface area (Å²) in [6.07, 6.45) is 1.83. The summed E-state index contributed by atoms with van der Waals surface area (Å²) < 4.78 is 0. The zero-order valence-electron chi connectivity index (χ0n) is 10.9. The van der Waals surface area contributed by atoms with Gasteiger partial charge in [0.1, 0.15) is 0 Å². The first-order valence-corrected chi connectivity index (χ1v) is 6.31. The van der Waals surface area contributed by atoms with Crippen molar-refractivity contribution in [1.29, 1.82) is 0 Å². The normalized spacial score (nSPS) is 12.7. The molecule has 1 rings (SSSR count). The molecule has 0 saturated carbocycles. The van der Waals surface area contributed by atoms with E-state index < -0.39 is 0 Å². The Hall–Kier alpha value is -0.900. The SMILES string of the molecule is Cc1cccc(C(CN)NCCCCO)c1C. The fourth-order valence-corrected chi connectivity index (χ4v) is 1.98. The summed E-state index contributed by atoms with van der Waals surface area (Å²) in [6, 6.07) is 6.56. The van der Waals surface area contributed by atoms with Crippen molar-refractivity contribution in [2.75, 3.05) is 19.7 Å². The number of unbranched alkanes of at least 4 members (excludes halogenated alkanes) is 1. The molecule has 17 heavy (non-hydrogen) atoms. The van der Waals surface area contributed by atoms with E-state index in [9.17, 15) is 0 Å². The van der Waals surface area contributed by atoms with Crippen LogP contribution in [0.4, 0.5) is 0 Å². The van der Waals surface area contributed by atoms with Crippen LogP contribution in [0, 0.1) is 13.8 Å². The average molecular weight is 236 g/mol. The summed E-state index contributed by atoms with van der Waals surface area (Å²) in [7, 11) is 0. The smallest absolute Gasteiger partial charge is 0.0447 e. The van der Waals surface area contributed by atoms with Crippen LogP contribution >= 0.6 is 0 Å². The van der Waals surface area contributed by atoms with Crippen LogP contribution in [0.3, 0.4) is 0 Å². The number of benzene rings is 1. The van der Waals surface area contributed by atoms with Crippen LogP contribution in [0.5, 0.6) is 0 Å². The molecule has 3 heteroatoms. The van der Waals surface area contributed by atoms with Crippen LogP contribution < -0.4 is 11.1 Å². The molecule has 0 aliphatic carbocycles. The van der Waals surface area contributed by atoms with Crippen LogP contribution in [-0.4, -0.2) is 24.8 Å². The Labute approximate surface area is 104 Å². The quantitative estimate of drug-likeness (QED) is 0.631. The lowest BCUT2D eigenvalue weighted by Crippen LogP contribution is -2.29. The number of nitrogens with one attached hydrogen (secondary N) is 1. The second-order valence-corrected chi connectivity index (χ2v) is 4.46. The van der Waals surface area contributed by atoms with E-state index in [1.807, 2.05) is 0 Å². The third-order valence-corrected chi connectivity index (χ3v) is 3.23. The van der Waals surface area contributed by atoms with Gasteiger partial charge < -0.3 is 16.2 Å². The molecule has 0 amide bonds. The number of aliphatic hydroxyl groups is 1. The standard InChI is InChI=1S/C14H24N2O/c1-11-6-5-7-13(12(11)2)14(10-15)16-8-3-4-9-17/h5-7,14,16-17H,3-4,8-10,15H2,1-2H3. The number of hydrogen-bond acceptors (Lipinski definition) is 3. The first-order valence-electron chi connectivity index (χ1n) is 6.31. The van der Waals surface area contributed by atoms with Gasteiger partial charge in [-0.05, 0) is 49.9 Å². The number of hydrogen-bond donors (Lipinski definition) is 3. The molecule has 0 fully saturated rings. The van der Waals surface area contributed by atoms with Crippen molar-refractivity contribution in [3.05, 3.63) is 34.9 Å². The van der Waals surface area contributed by atoms with E-state index in [1.165, 1.54) is 16.7 Å². The highest BCUT2D eigenvalue weighted by molar-refractivity contribution is 5.35. The molecule has 4 N–H and O–H groups in total. The first kappa shape index (κ1) is 14.2. The van der Waals surface area contributed by atoms with Crippen molar-refractivity contribution in [3.8, 4) is 0 Å². The maximum atomic E-state index is 8.73. The molecule has 3 nitrogen and oxygen atoms in total. The minimum absolute atomic E-state index is 0.216. The molecule has 1 aromatic carbocycles. The van der Waals surface area contributed by atoms with Crippen molar-refractivity contribution < 1.29 is 5.11 Å². The van der Waals surface area contributed by atoms with E-state index >= 15 is 0 Å². The van der Waals surface area contributed by atoms with Gasteiger partial charge in [0.15, 0.2) is 0 Å². The van der Waals surface area contributed by atoms with Gasteiger partial charge >= 0.3 is 0 Å². The number of rotatable bonds is 7. The van der Waals surface area contributed by atoms with Gasteiger partial charge in [0.05, 0.1) is 0 Å². The summed E-state index contributed by atoms with van der Waals surface area (Å²) in [5.74, 6) is 0. The van der Waals surface area contributed by atoms with Crippen LogP contribution in [0.2, 0.25) is 0 Å². The van der Waals surface area contributed by atoms with E-state index in [0.717, 1.165) is 19.4 Å². The summed E-state index contributed by atoms with van der Waals surface area (Å²) >= 11 is 0. The molecule has 0 bridgehead atoms. The molecular formula is C14H24N2O. The van der Waals surface area contributed by atoms with Crippen LogP contribution in [0.15, 0.2) is 18.2 Å². The lowest BCUT2D eigenvalue weighted by atomic mass is 9.97. The minimum atomic E-state index is 0.216. The van der Waals surface area contributed by atoms with Crippen molar-refractivity contribution >= 4 is 0 Å². The Balaban J connectivity index is 2.63. The molecule has 1 unspecified atom stereocenters. The predicted molar refractivity (Wildman–Crippen MR) is 72.0 cm³/mol. The van der Waals surface area contributed by atoms with Crippen molar-refractivity contribution in [2.45, 2.75) is 32.7 Å². The van der Waals surface area contributed by atoms with Crippen LogP contribution in [0.25, 0.3) is 0 Å². The van der Waals surface area contributed by atoms with Gasteiger partial charge in [-0.15, -0.1) is 0 Å². The van der Waals surface area contributed by atoms with Crippen LogP contribution in [0.1, 0.15) is 35.6 Å². The van der Waals surface area contributed by atoms with E-state index in [4.69, 9.17) is 10.8 Å². The minimum Gasteiger partial charge on any atom is -0.396 e. The lowest BCUT2D eigenvalue weighted by molar-refractivity contribution is 0.282. The highest BCUT2D eigenvalue weighted by Gasteiger charge is 2.11. The van der Waals surface area contributed by atoms with Gasteiger partial charge in [0.2, 0.25) is 0 Å². The highest BCUT2D eigenvalue weighted by atomic mass is 16.2. The molecule has 0 saturated heterocycles. The number of aryl methyl sites for hydroxylation is 1. The molecule has 0 aromatic heterocycles. The number of nitrogens with two attached hydrogens (primary N) is 1. The Bertz CT molecular complexity index is 339. The second-order valence-electron chi connectivity index (χ2n) is 4.46. The average Bonchev–Trinajstić information content (AvgIpc) is 2.34. The summed E-state index contributed by atoms with van der Waals surface area (Å²) in [5.41, 5.74) is 9.74. The van der Waals surface area contributed by atoms with E-state index in [2.05, 4.69) is 37.4 Å². The van der Waals surface area contributed by atoms with Gasteiger partial charge in [-0.3, -0.25) is 0 Å². The lowest BCUT2D eigenvalue weighted by Gasteiger charge is -2.20. The molecule has 1 aromatic rings. The summed E-state index contributed by atoms with van der Waals surface area (Å²) in [6.45, 7) is 6.03. The Morgan fingerprint density at radius 2 is 2.06 bits per heavy atom. The van der Waals surface area contributed by atoms with Gasteiger partial charge in [-0.1, -0.05) is 18.2 Å². The largest absolute Gasteiger partial charge is 0.396 e. The second kappa shape index (κ2) is 7.43. The Morgan fingerprint density at radius 1 is 1.29 bits per heavy atom. The maximum Gasteiger partial charge on any atom is 0.0447 e. The van der Waals surface area contributed by atoms with Gasteiger partial charge in [0.25, 0.3) is 0 Å². The first-order chi connectivity index (χ1) is 8.20. The molecule has 0 aliphatic heterocycles. The molecule has 0 aliphatic rings. The van der Waals surface area contributed by atoms with Gasteiger partial charge in [-0.25, -0.2) is 0 Å². The molecule has 1 atom stereocenters. The van der Waals surface area contributed by atoms with Crippen molar-refractivity contribution in [3.63, 3.8) is 0 Å². The van der Waals surface area contributed by atoms with E-state index in [1.54, 1.807) is 0 Å². The zero-order chi connectivity index (χ0) is 12.7. The van der Waals surface area contributed by atoms with E-state index in [0.29, 0.717) is 6.54 Å². The van der Waals surface area contributed by atoms with Crippen molar-refractivity contribution in [2.24, 2.45) is 5.73 Å².